The van der Waals surface area contributed by atoms with Gasteiger partial charge in [-0.25, -0.2) is 8.42 Å². The van der Waals surface area contributed by atoms with Gasteiger partial charge < -0.3 is 15.2 Å². The van der Waals surface area contributed by atoms with E-state index >= 15 is 0 Å². The molecule has 0 aromatic heterocycles. The van der Waals surface area contributed by atoms with Crippen LogP contribution in [0.3, 0.4) is 0 Å². The number of amides is 1. The molecule has 1 unspecified atom stereocenters. The number of primary amides is 1. The van der Waals surface area contributed by atoms with Crippen LogP contribution in [0.4, 0.5) is 0 Å². The summed E-state index contributed by atoms with van der Waals surface area (Å²) in [5, 5.41) is 0.426. The number of ether oxygens (including phenoxy) is 2. The van der Waals surface area contributed by atoms with Gasteiger partial charge in [-0.1, -0.05) is 49.7 Å². The monoisotopic (exact) mass is 508 g/mol. The van der Waals surface area contributed by atoms with E-state index in [4.69, 9.17) is 26.8 Å². The Morgan fingerprint density at radius 1 is 1.12 bits per heavy atom. The molecule has 0 aliphatic carbocycles. The number of halogens is 1. The van der Waals surface area contributed by atoms with E-state index in [2.05, 4.69) is 0 Å². The molecule has 2 N–H and O–H groups in total. The lowest BCUT2D eigenvalue weighted by Gasteiger charge is -2.30. The molecule has 0 saturated carbocycles. The van der Waals surface area contributed by atoms with E-state index < -0.39 is 22.0 Å². The van der Waals surface area contributed by atoms with Crippen LogP contribution in [0.1, 0.15) is 50.7 Å². The van der Waals surface area contributed by atoms with E-state index in [1.54, 1.807) is 0 Å². The summed E-state index contributed by atoms with van der Waals surface area (Å²) in [4.78, 5) is 12.4. The van der Waals surface area contributed by atoms with Crippen LogP contribution >= 0.6 is 11.6 Å². The van der Waals surface area contributed by atoms with Crippen molar-refractivity contribution in [2.24, 2.45) is 11.7 Å². The van der Waals surface area contributed by atoms with Gasteiger partial charge in [-0.05, 0) is 67.0 Å². The van der Waals surface area contributed by atoms with Crippen molar-refractivity contribution in [3.63, 3.8) is 0 Å². The average molecular weight is 509 g/mol. The van der Waals surface area contributed by atoms with Crippen LogP contribution in [-0.2, 0) is 37.4 Å². The van der Waals surface area contributed by atoms with Crippen molar-refractivity contribution < 1.29 is 22.7 Å². The molecule has 34 heavy (non-hydrogen) atoms. The smallest absolute Gasteiger partial charge is 0.244 e. The minimum absolute atomic E-state index is 0.0121. The predicted molar refractivity (Wildman–Crippen MR) is 131 cm³/mol. The molecule has 1 aliphatic rings. The average Bonchev–Trinajstić information content (AvgIpc) is 2.81. The van der Waals surface area contributed by atoms with Crippen molar-refractivity contribution in [3.05, 3.63) is 64.7 Å². The highest BCUT2D eigenvalue weighted by Gasteiger charge is 2.35. The Hall–Kier alpha value is -1.97. The highest BCUT2D eigenvalue weighted by Crippen LogP contribution is 2.26. The number of nitrogens with zero attached hydrogens (tertiary/aromatic N) is 1. The molecule has 186 valence electrons. The number of carbonyl (C=O) groups excluding carboxylic acids is 1. The summed E-state index contributed by atoms with van der Waals surface area (Å²) < 4.78 is 39.7. The zero-order chi connectivity index (χ0) is 24.7. The molecule has 2 aromatic carbocycles. The standard InChI is InChI=1S/C25H33ClN2O5S/c1-18(2)15-23(25(27)29)28(34(30,31)22-12-10-21(26)11-13-22)16-19-6-8-20(9-7-19)17-33-24-5-3-4-14-32-24/h6-13,18,23-24H,3-5,14-17H2,1-2H3,(H2,27,29)/t23-,24?/m1/s1. The maximum atomic E-state index is 13.6. The third kappa shape index (κ3) is 7.26. The largest absolute Gasteiger partial charge is 0.368 e. The van der Waals surface area contributed by atoms with Crippen molar-refractivity contribution in [3.8, 4) is 0 Å². The van der Waals surface area contributed by atoms with Crippen LogP contribution in [0.2, 0.25) is 5.02 Å². The summed E-state index contributed by atoms with van der Waals surface area (Å²) >= 11 is 5.94. The van der Waals surface area contributed by atoms with Crippen molar-refractivity contribution in [1.82, 2.24) is 4.31 Å². The molecule has 1 aliphatic heterocycles. The third-order valence-corrected chi connectivity index (χ3v) is 7.85. The van der Waals surface area contributed by atoms with Crippen molar-refractivity contribution in [2.45, 2.75) is 69.9 Å². The van der Waals surface area contributed by atoms with Crippen LogP contribution in [-0.4, -0.2) is 37.6 Å². The second kappa shape index (κ2) is 12.1. The Kier molecular flexibility index (Phi) is 9.50. The van der Waals surface area contributed by atoms with Gasteiger partial charge in [0, 0.05) is 18.2 Å². The molecular formula is C25H33ClN2O5S. The number of benzene rings is 2. The first kappa shape index (κ1) is 26.6. The Balaban J connectivity index is 1.81. The second-order valence-electron chi connectivity index (χ2n) is 8.98. The highest BCUT2D eigenvalue weighted by molar-refractivity contribution is 7.89. The third-order valence-electron chi connectivity index (χ3n) is 5.73. The van der Waals surface area contributed by atoms with Crippen LogP contribution in [0.5, 0.6) is 0 Å². The molecule has 0 spiro atoms. The van der Waals surface area contributed by atoms with E-state index in [1.807, 2.05) is 38.1 Å². The number of sulfonamides is 1. The number of rotatable bonds is 11. The number of hydrogen-bond acceptors (Lipinski definition) is 5. The van der Waals surface area contributed by atoms with Crippen LogP contribution in [0.15, 0.2) is 53.4 Å². The Bertz CT molecular complexity index is 1040. The van der Waals surface area contributed by atoms with Gasteiger partial charge in [0.25, 0.3) is 0 Å². The SMILES string of the molecule is CC(C)C[C@H](C(N)=O)N(Cc1ccc(COC2CCCCO2)cc1)S(=O)(=O)c1ccc(Cl)cc1. The first-order valence-corrected chi connectivity index (χ1v) is 13.4. The summed E-state index contributed by atoms with van der Waals surface area (Å²) in [6, 6.07) is 12.4. The van der Waals surface area contributed by atoms with Gasteiger partial charge in [-0.3, -0.25) is 4.79 Å². The van der Waals surface area contributed by atoms with Crippen LogP contribution in [0, 0.1) is 5.92 Å². The molecule has 2 atom stereocenters. The normalized spacial score (nSPS) is 17.7. The second-order valence-corrected chi connectivity index (χ2v) is 11.3. The minimum atomic E-state index is -4.01. The fourth-order valence-corrected chi connectivity index (χ4v) is 5.60. The fourth-order valence-electron chi connectivity index (χ4n) is 3.88. The van der Waals surface area contributed by atoms with E-state index in [-0.39, 0.29) is 23.6 Å². The first-order valence-electron chi connectivity index (χ1n) is 11.5. The fraction of sp³-hybridized carbons (Fsp3) is 0.480. The molecule has 2 aromatic rings. The van der Waals surface area contributed by atoms with Crippen LogP contribution in [0.25, 0.3) is 0 Å². The Labute approximate surface area is 207 Å². The van der Waals surface area contributed by atoms with Gasteiger partial charge in [0.15, 0.2) is 6.29 Å². The van der Waals surface area contributed by atoms with Crippen molar-refractivity contribution >= 4 is 27.5 Å². The van der Waals surface area contributed by atoms with Gasteiger partial charge in [-0.15, -0.1) is 0 Å². The Morgan fingerprint density at radius 2 is 1.76 bits per heavy atom. The molecule has 1 amide bonds. The summed E-state index contributed by atoms with van der Waals surface area (Å²) in [6.45, 7) is 4.99. The topological polar surface area (TPSA) is 98.9 Å². The lowest BCUT2D eigenvalue weighted by atomic mass is 10.0. The summed E-state index contributed by atoms with van der Waals surface area (Å²) in [5.41, 5.74) is 7.38. The number of carbonyl (C=O) groups is 1. The molecular weight excluding hydrogens is 476 g/mol. The maximum absolute atomic E-state index is 13.6. The quantitative estimate of drug-likeness (QED) is 0.482. The van der Waals surface area contributed by atoms with E-state index in [1.165, 1.54) is 28.6 Å². The summed E-state index contributed by atoms with van der Waals surface area (Å²) in [7, 11) is -4.01. The number of nitrogens with two attached hydrogens (primary N) is 1. The summed E-state index contributed by atoms with van der Waals surface area (Å²) in [6.07, 6.45) is 3.18. The maximum Gasteiger partial charge on any atom is 0.244 e. The van der Waals surface area contributed by atoms with Crippen LogP contribution < -0.4 is 5.73 Å². The molecule has 9 heteroatoms. The van der Waals surface area contributed by atoms with Gasteiger partial charge >= 0.3 is 0 Å². The summed E-state index contributed by atoms with van der Waals surface area (Å²) in [5.74, 6) is -0.606. The van der Waals surface area contributed by atoms with Crippen molar-refractivity contribution in [1.29, 1.82) is 0 Å². The lowest BCUT2D eigenvalue weighted by Crippen LogP contribution is -2.48. The highest BCUT2D eigenvalue weighted by atomic mass is 35.5. The molecule has 3 rings (SSSR count). The van der Waals surface area contributed by atoms with E-state index in [0.29, 0.717) is 18.1 Å². The van der Waals surface area contributed by atoms with Crippen molar-refractivity contribution in [2.75, 3.05) is 6.61 Å². The van der Waals surface area contributed by atoms with E-state index in [0.717, 1.165) is 37.0 Å². The molecule has 1 saturated heterocycles. The zero-order valence-electron chi connectivity index (χ0n) is 19.7. The Morgan fingerprint density at radius 3 is 2.32 bits per heavy atom. The molecule has 0 bridgehead atoms. The molecule has 7 nitrogen and oxygen atoms in total. The molecule has 1 heterocycles. The van der Waals surface area contributed by atoms with Gasteiger partial charge in [0.2, 0.25) is 15.9 Å². The van der Waals surface area contributed by atoms with E-state index in [9.17, 15) is 13.2 Å². The van der Waals surface area contributed by atoms with Gasteiger partial charge in [-0.2, -0.15) is 4.31 Å². The van der Waals surface area contributed by atoms with Gasteiger partial charge in [0.05, 0.1) is 11.5 Å². The lowest BCUT2D eigenvalue weighted by molar-refractivity contribution is -0.168. The first-order chi connectivity index (χ1) is 16.2. The number of hydrogen-bond donors (Lipinski definition) is 1. The zero-order valence-corrected chi connectivity index (χ0v) is 21.2. The minimum Gasteiger partial charge on any atom is -0.368 e. The van der Waals surface area contributed by atoms with Gasteiger partial charge in [0.1, 0.15) is 6.04 Å². The molecule has 0 radical (unpaired) electrons. The predicted octanol–water partition coefficient (Wildman–Crippen LogP) is 4.47. The molecule has 1 fully saturated rings.